The Labute approximate surface area is 148 Å². The zero-order valence-electron chi connectivity index (χ0n) is 15.0. The summed E-state index contributed by atoms with van der Waals surface area (Å²) in [6, 6.07) is 5.93. The molecule has 3 rings (SSSR count). The number of benzene rings is 1. The van der Waals surface area contributed by atoms with E-state index in [1.807, 2.05) is 43.1 Å². The summed E-state index contributed by atoms with van der Waals surface area (Å²) < 4.78 is 5.77. The van der Waals surface area contributed by atoms with Gasteiger partial charge in [-0.2, -0.15) is 0 Å². The second-order valence-electron chi connectivity index (χ2n) is 6.53. The Morgan fingerprint density at radius 1 is 1.24 bits per heavy atom. The molecule has 0 atom stereocenters. The van der Waals surface area contributed by atoms with Crippen molar-refractivity contribution in [3.05, 3.63) is 47.5 Å². The van der Waals surface area contributed by atoms with Crippen molar-refractivity contribution in [2.75, 3.05) is 32.8 Å². The average Bonchev–Trinajstić information content (AvgIpc) is 3.00. The number of carbonyl (C=O) groups is 1. The Balaban J connectivity index is 1.50. The summed E-state index contributed by atoms with van der Waals surface area (Å²) in [6.07, 6.45) is 4.58. The highest BCUT2D eigenvalue weighted by Gasteiger charge is 2.20. The predicted molar refractivity (Wildman–Crippen MR) is 96.5 cm³/mol. The van der Waals surface area contributed by atoms with E-state index in [-0.39, 0.29) is 12.5 Å². The first kappa shape index (κ1) is 17.5. The first-order chi connectivity index (χ1) is 12.1. The maximum atomic E-state index is 12.5. The number of imidazole rings is 1. The zero-order chi connectivity index (χ0) is 17.6. The molecule has 25 heavy (non-hydrogen) atoms. The van der Waals surface area contributed by atoms with E-state index in [0.717, 1.165) is 56.3 Å². The van der Waals surface area contributed by atoms with Crippen LogP contribution in [0.3, 0.4) is 0 Å². The molecule has 1 aliphatic rings. The molecule has 1 fully saturated rings. The van der Waals surface area contributed by atoms with Crippen LogP contribution in [0.15, 0.2) is 30.6 Å². The summed E-state index contributed by atoms with van der Waals surface area (Å²) in [7, 11) is 0. The van der Waals surface area contributed by atoms with Gasteiger partial charge in [-0.3, -0.25) is 9.69 Å². The topological polar surface area (TPSA) is 61.5 Å². The van der Waals surface area contributed by atoms with E-state index in [9.17, 15) is 4.79 Å². The smallest absolute Gasteiger partial charge is 0.260 e. The molecule has 1 aliphatic heterocycles. The van der Waals surface area contributed by atoms with Gasteiger partial charge in [-0.15, -0.1) is 0 Å². The lowest BCUT2D eigenvalue weighted by molar-refractivity contribution is -0.133. The van der Waals surface area contributed by atoms with Gasteiger partial charge in [-0.1, -0.05) is 12.1 Å². The van der Waals surface area contributed by atoms with Gasteiger partial charge in [0.05, 0.1) is 6.54 Å². The first-order valence-corrected chi connectivity index (χ1v) is 8.81. The van der Waals surface area contributed by atoms with E-state index < -0.39 is 0 Å². The summed E-state index contributed by atoms with van der Waals surface area (Å²) in [4.78, 5) is 24.2. The van der Waals surface area contributed by atoms with Crippen LogP contribution in [0.4, 0.5) is 0 Å². The van der Waals surface area contributed by atoms with Gasteiger partial charge >= 0.3 is 0 Å². The van der Waals surface area contributed by atoms with Crippen LogP contribution in [0, 0.1) is 13.8 Å². The number of nitrogens with zero attached hydrogens (tertiary/aromatic N) is 3. The maximum Gasteiger partial charge on any atom is 0.260 e. The predicted octanol–water partition coefficient (Wildman–Crippen LogP) is 2.14. The highest BCUT2D eigenvalue weighted by Crippen LogP contribution is 2.20. The van der Waals surface area contributed by atoms with Gasteiger partial charge in [0.25, 0.3) is 5.91 Å². The van der Waals surface area contributed by atoms with Gasteiger partial charge in [0, 0.05) is 38.6 Å². The molecular weight excluding hydrogens is 316 g/mol. The van der Waals surface area contributed by atoms with Crippen molar-refractivity contribution in [3.63, 3.8) is 0 Å². The van der Waals surface area contributed by atoms with E-state index in [4.69, 9.17) is 4.74 Å². The summed E-state index contributed by atoms with van der Waals surface area (Å²) in [5.41, 5.74) is 2.27. The third kappa shape index (κ3) is 4.60. The number of aromatic amines is 1. The second kappa shape index (κ2) is 8.16. The lowest BCUT2D eigenvalue weighted by atomic mass is 10.1. The maximum absolute atomic E-state index is 12.5. The van der Waals surface area contributed by atoms with E-state index in [0.29, 0.717) is 0 Å². The normalized spacial score (nSPS) is 15.8. The van der Waals surface area contributed by atoms with E-state index >= 15 is 0 Å². The molecule has 0 aliphatic carbocycles. The third-order valence-corrected chi connectivity index (χ3v) is 4.78. The molecule has 1 aromatic heterocycles. The minimum absolute atomic E-state index is 0.0563. The molecular formula is C19H26N4O2. The molecule has 1 aromatic carbocycles. The van der Waals surface area contributed by atoms with Crippen molar-refractivity contribution in [3.8, 4) is 5.75 Å². The third-order valence-electron chi connectivity index (χ3n) is 4.78. The number of aryl methyl sites for hydroxylation is 1. The van der Waals surface area contributed by atoms with E-state index in [1.54, 1.807) is 6.20 Å². The molecule has 0 spiro atoms. The minimum atomic E-state index is 0.0563. The molecule has 1 amide bonds. The summed E-state index contributed by atoms with van der Waals surface area (Å²) in [5.74, 6) is 1.82. The van der Waals surface area contributed by atoms with E-state index in [1.165, 1.54) is 5.56 Å². The number of amides is 1. The fourth-order valence-corrected chi connectivity index (χ4v) is 3.09. The Morgan fingerprint density at radius 3 is 2.92 bits per heavy atom. The average molecular weight is 342 g/mol. The van der Waals surface area contributed by atoms with Crippen LogP contribution in [0.2, 0.25) is 0 Å². The molecule has 2 aromatic rings. The van der Waals surface area contributed by atoms with Gasteiger partial charge < -0.3 is 14.6 Å². The minimum Gasteiger partial charge on any atom is -0.483 e. The standard InChI is InChI=1S/C19H26N4O2/c1-15-5-3-6-17(16(15)2)25-14-19(24)23-10-4-9-22(11-12-23)13-18-20-7-8-21-18/h3,5-8H,4,9-14H2,1-2H3,(H,20,21). The molecule has 6 heteroatoms. The number of aromatic nitrogens is 2. The summed E-state index contributed by atoms with van der Waals surface area (Å²) >= 11 is 0. The Bertz CT molecular complexity index is 699. The molecule has 0 bridgehead atoms. The molecule has 1 N–H and O–H groups in total. The number of carbonyl (C=O) groups excluding carboxylic acids is 1. The largest absolute Gasteiger partial charge is 0.483 e. The molecule has 0 saturated carbocycles. The van der Waals surface area contributed by atoms with E-state index in [2.05, 4.69) is 14.9 Å². The van der Waals surface area contributed by atoms with Gasteiger partial charge in [0.15, 0.2) is 6.61 Å². The van der Waals surface area contributed by atoms with Crippen LogP contribution in [-0.2, 0) is 11.3 Å². The molecule has 1 saturated heterocycles. The molecule has 0 radical (unpaired) electrons. The quantitative estimate of drug-likeness (QED) is 0.904. The molecule has 0 unspecified atom stereocenters. The SMILES string of the molecule is Cc1cccc(OCC(=O)N2CCCN(Cc3ncc[nH]3)CC2)c1C. The highest BCUT2D eigenvalue weighted by atomic mass is 16.5. The van der Waals surface area contributed by atoms with Crippen molar-refractivity contribution in [2.24, 2.45) is 0 Å². The van der Waals surface area contributed by atoms with Gasteiger partial charge in [-0.25, -0.2) is 4.98 Å². The number of rotatable bonds is 5. The fraction of sp³-hybridized carbons (Fsp3) is 0.474. The van der Waals surface area contributed by atoms with Crippen molar-refractivity contribution in [1.82, 2.24) is 19.8 Å². The Kier molecular flexibility index (Phi) is 5.71. The number of hydrogen-bond donors (Lipinski definition) is 1. The molecule has 134 valence electrons. The van der Waals surface area contributed by atoms with Crippen molar-refractivity contribution < 1.29 is 9.53 Å². The number of nitrogens with one attached hydrogen (secondary N) is 1. The van der Waals surface area contributed by atoms with Crippen LogP contribution in [0.5, 0.6) is 5.75 Å². The van der Waals surface area contributed by atoms with Crippen LogP contribution in [0.1, 0.15) is 23.4 Å². The first-order valence-electron chi connectivity index (χ1n) is 8.81. The van der Waals surface area contributed by atoms with Crippen molar-refractivity contribution in [2.45, 2.75) is 26.8 Å². The Morgan fingerprint density at radius 2 is 2.12 bits per heavy atom. The lowest BCUT2D eigenvalue weighted by Gasteiger charge is -2.22. The molecule has 2 heterocycles. The number of ether oxygens (including phenoxy) is 1. The Hall–Kier alpha value is -2.34. The van der Waals surface area contributed by atoms with Gasteiger partial charge in [0.2, 0.25) is 0 Å². The van der Waals surface area contributed by atoms with Gasteiger partial charge in [-0.05, 0) is 37.5 Å². The molecule has 6 nitrogen and oxygen atoms in total. The van der Waals surface area contributed by atoms with Crippen molar-refractivity contribution >= 4 is 5.91 Å². The fourth-order valence-electron chi connectivity index (χ4n) is 3.09. The van der Waals surface area contributed by atoms with Crippen molar-refractivity contribution in [1.29, 1.82) is 0 Å². The number of H-pyrrole nitrogens is 1. The van der Waals surface area contributed by atoms with Crippen LogP contribution in [0.25, 0.3) is 0 Å². The second-order valence-corrected chi connectivity index (χ2v) is 6.53. The summed E-state index contributed by atoms with van der Waals surface area (Å²) in [6.45, 7) is 8.31. The zero-order valence-corrected chi connectivity index (χ0v) is 15.0. The lowest BCUT2D eigenvalue weighted by Crippen LogP contribution is -2.38. The van der Waals surface area contributed by atoms with Gasteiger partial charge in [0.1, 0.15) is 11.6 Å². The number of hydrogen-bond acceptors (Lipinski definition) is 4. The van der Waals surface area contributed by atoms with Crippen LogP contribution in [-0.4, -0.2) is 58.5 Å². The highest BCUT2D eigenvalue weighted by molar-refractivity contribution is 5.77. The van der Waals surface area contributed by atoms with Crippen LogP contribution >= 0.6 is 0 Å². The monoisotopic (exact) mass is 342 g/mol. The summed E-state index contributed by atoms with van der Waals surface area (Å²) in [5, 5.41) is 0. The van der Waals surface area contributed by atoms with Crippen LogP contribution < -0.4 is 4.74 Å².